The number of para-hydroxylation sites is 1. The maximum absolute atomic E-state index is 12.7. The molecule has 1 atom stereocenters. The van der Waals surface area contributed by atoms with Gasteiger partial charge in [0.1, 0.15) is 10.9 Å². The van der Waals surface area contributed by atoms with Gasteiger partial charge in [0.2, 0.25) is 0 Å². The highest BCUT2D eigenvalue weighted by Gasteiger charge is 2.33. The maximum atomic E-state index is 12.7. The number of fused-ring (bicyclic) bond motifs is 2. The number of carbonyl (C=O) groups is 2. The van der Waals surface area contributed by atoms with Crippen molar-refractivity contribution in [3.05, 3.63) is 52.9 Å². The van der Waals surface area contributed by atoms with Gasteiger partial charge in [0.05, 0.1) is 16.3 Å². The van der Waals surface area contributed by atoms with Crippen molar-refractivity contribution in [1.29, 1.82) is 0 Å². The molecule has 2 aromatic rings. The van der Waals surface area contributed by atoms with E-state index in [0.29, 0.717) is 10.8 Å². The summed E-state index contributed by atoms with van der Waals surface area (Å²) in [6, 6.07) is 14.8. The smallest absolute Gasteiger partial charge is 0.323 e. The van der Waals surface area contributed by atoms with Crippen LogP contribution in [0.4, 0.5) is 11.4 Å². The SMILES string of the molecule is CCCCC(CC)CN1c2ccccc2Sc2cc(/C=C3/SC(=S)N(CC(=O)O)C3=O)ccc21. The second-order valence-electron chi connectivity index (χ2n) is 8.49. The molecule has 0 saturated carbocycles. The number of carboxylic acid groups (broad SMARTS) is 1. The van der Waals surface area contributed by atoms with E-state index in [2.05, 4.69) is 55.1 Å². The van der Waals surface area contributed by atoms with Gasteiger partial charge < -0.3 is 10.0 Å². The molecule has 5 nitrogen and oxygen atoms in total. The number of carboxylic acids is 1. The third-order valence-electron chi connectivity index (χ3n) is 6.10. The number of nitrogens with zero attached hydrogens (tertiary/aromatic N) is 2. The predicted molar refractivity (Wildman–Crippen MR) is 145 cm³/mol. The lowest BCUT2D eigenvalue weighted by molar-refractivity contribution is -0.140. The van der Waals surface area contributed by atoms with E-state index < -0.39 is 12.5 Å². The van der Waals surface area contributed by atoms with Gasteiger partial charge in [-0.2, -0.15) is 0 Å². The molecule has 34 heavy (non-hydrogen) atoms. The van der Waals surface area contributed by atoms with E-state index in [0.717, 1.165) is 40.1 Å². The van der Waals surface area contributed by atoms with Crippen molar-refractivity contribution < 1.29 is 14.7 Å². The molecule has 2 aliphatic rings. The first-order valence-corrected chi connectivity index (χ1v) is 13.6. The van der Waals surface area contributed by atoms with Crippen LogP contribution in [0.3, 0.4) is 0 Å². The molecule has 0 bridgehead atoms. The van der Waals surface area contributed by atoms with Gasteiger partial charge in [0.15, 0.2) is 0 Å². The molecule has 0 spiro atoms. The van der Waals surface area contributed by atoms with E-state index >= 15 is 0 Å². The summed E-state index contributed by atoms with van der Waals surface area (Å²) in [5.41, 5.74) is 3.34. The zero-order valence-electron chi connectivity index (χ0n) is 19.3. The van der Waals surface area contributed by atoms with E-state index in [9.17, 15) is 9.59 Å². The number of carbonyl (C=O) groups excluding carboxylic acids is 1. The predicted octanol–water partition coefficient (Wildman–Crippen LogP) is 6.79. The molecule has 1 fully saturated rings. The lowest BCUT2D eigenvalue weighted by Crippen LogP contribution is -2.33. The van der Waals surface area contributed by atoms with Gasteiger partial charge in [0.25, 0.3) is 5.91 Å². The van der Waals surface area contributed by atoms with Crippen molar-refractivity contribution >= 4 is 69.4 Å². The summed E-state index contributed by atoms with van der Waals surface area (Å²) in [6.45, 7) is 5.08. The molecule has 4 rings (SSSR count). The molecule has 0 aromatic heterocycles. The van der Waals surface area contributed by atoms with Gasteiger partial charge >= 0.3 is 5.97 Å². The molecule has 1 unspecified atom stereocenters. The van der Waals surface area contributed by atoms with Crippen molar-refractivity contribution in [1.82, 2.24) is 4.90 Å². The van der Waals surface area contributed by atoms with E-state index in [-0.39, 0.29) is 10.2 Å². The Kier molecular flexibility index (Phi) is 8.01. The molecular formula is C26H28N2O3S3. The average Bonchev–Trinajstić information content (AvgIpc) is 3.07. The lowest BCUT2D eigenvalue weighted by Gasteiger charge is -2.35. The fourth-order valence-electron chi connectivity index (χ4n) is 4.24. The third-order valence-corrected chi connectivity index (χ3v) is 8.59. The van der Waals surface area contributed by atoms with Gasteiger partial charge in [-0.15, -0.1) is 0 Å². The Morgan fingerprint density at radius 2 is 1.85 bits per heavy atom. The number of aliphatic carboxylic acids is 1. The molecule has 178 valence electrons. The molecule has 8 heteroatoms. The number of hydrogen-bond acceptors (Lipinski definition) is 6. The first-order valence-electron chi connectivity index (χ1n) is 11.6. The summed E-state index contributed by atoms with van der Waals surface area (Å²) in [5, 5.41) is 9.06. The van der Waals surface area contributed by atoms with Gasteiger partial charge in [-0.1, -0.05) is 87.1 Å². The van der Waals surface area contributed by atoms with Crippen LogP contribution in [0.1, 0.15) is 45.1 Å². The summed E-state index contributed by atoms with van der Waals surface area (Å²) in [4.78, 5) is 30.2. The fraction of sp³-hybridized carbons (Fsp3) is 0.346. The standard InChI is InChI=1S/C26H28N2O3S3/c1-3-5-8-17(4-2)15-27-19-9-6-7-10-21(19)33-22-13-18(11-12-20(22)27)14-23-25(31)28(16-24(29)30)26(32)34-23/h6-7,9-14,17H,3-5,8,15-16H2,1-2H3,(H,29,30)/b23-14+. The number of rotatable bonds is 9. The lowest BCUT2D eigenvalue weighted by atomic mass is 9.98. The molecule has 1 amide bonds. The summed E-state index contributed by atoms with van der Waals surface area (Å²) in [6.07, 6.45) is 6.64. The third kappa shape index (κ3) is 5.34. The van der Waals surface area contributed by atoms with Crippen molar-refractivity contribution in [2.45, 2.75) is 49.3 Å². The van der Waals surface area contributed by atoms with Crippen LogP contribution in [-0.4, -0.2) is 39.3 Å². The molecule has 2 aliphatic heterocycles. The van der Waals surface area contributed by atoms with Crippen LogP contribution >= 0.6 is 35.7 Å². The van der Waals surface area contributed by atoms with Crippen molar-refractivity contribution in [3.63, 3.8) is 0 Å². The Balaban J connectivity index is 1.64. The van der Waals surface area contributed by atoms with Crippen LogP contribution in [0, 0.1) is 5.92 Å². The van der Waals surface area contributed by atoms with Crippen LogP contribution in [0.15, 0.2) is 57.2 Å². The zero-order valence-corrected chi connectivity index (χ0v) is 21.8. The first-order chi connectivity index (χ1) is 16.4. The number of thioether (sulfide) groups is 1. The molecule has 2 heterocycles. The Bertz CT molecular complexity index is 1150. The van der Waals surface area contributed by atoms with Crippen LogP contribution in [0.2, 0.25) is 0 Å². The highest BCUT2D eigenvalue weighted by molar-refractivity contribution is 8.26. The summed E-state index contributed by atoms with van der Waals surface area (Å²) in [5.74, 6) is -0.804. The second-order valence-corrected chi connectivity index (χ2v) is 11.2. The number of hydrogen-bond donors (Lipinski definition) is 1. The fourth-order valence-corrected chi connectivity index (χ4v) is 6.63. The van der Waals surface area contributed by atoms with E-state index in [1.165, 1.54) is 35.5 Å². The Labute approximate surface area is 214 Å². The molecule has 0 aliphatic carbocycles. The Morgan fingerprint density at radius 3 is 2.59 bits per heavy atom. The van der Waals surface area contributed by atoms with Gasteiger partial charge in [-0.25, -0.2) is 0 Å². The van der Waals surface area contributed by atoms with E-state index in [1.807, 2.05) is 12.1 Å². The first kappa shape index (κ1) is 24.8. The van der Waals surface area contributed by atoms with Crippen LogP contribution in [0.25, 0.3) is 6.08 Å². The van der Waals surface area contributed by atoms with E-state index in [1.54, 1.807) is 11.8 Å². The van der Waals surface area contributed by atoms with Crippen molar-refractivity contribution in [2.75, 3.05) is 18.0 Å². The highest BCUT2D eigenvalue weighted by Crippen LogP contribution is 2.49. The largest absolute Gasteiger partial charge is 0.480 e. The van der Waals surface area contributed by atoms with Crippen LogP contribution in [-0.2, 0) is 9.59 Å². The van der Waals surface area contributed by atoms with Gasteiger partial charge in [-0.3, -0.25) is 14.5 Å². The minimum atomic E-state index is -1.08. The highest BCUT2D eigenvalue weighted by atomic mass is 32.2. The molecule has 1 saturated heterocycles. The monoisotopic (exact) mass is 512 g/mol. The quantitative estimate of drug-likeness (QED) is 0.293. The molecule has 2 aromatic carbocycles. The number of thiocarbonyl (C=S) groups is 1. The number of anilines is 2. The maximum Gasteiger partial charge on any atom is 0.323 e. The Morgan fingerprint density at radius 1 is 1.09 bits per heavy atom. The zero-order chi connectivity index (χ0) is 24.2. The summed E-state index contributed by atoms with van der Waals surface area (Å²) >= 11 is 8.12. The normalized spacial score (nSPS) is 17.2. The second kappa shape index (κ2) is 11.0. The van der Waals surface area contributed by atoms with Crippen LogP contribution in [0.5, 0.6) is 0 Å². The average molecular weight is 513 g/mol. The minimum Gasteiger partial charge on any atom is -0.480 e. The topological polar surface area (TPSA) is 60.9 Å². The summed E-state index contributed by atoms with van der Waals surface area (Å²) in [7, 11) is 0. The minimum absolute atomic E-state index is 0.281. The Hall–Kier alpha value is -2.29. The number of benzene rings is 2. The summed E-state index contributed by atoms with van der Waals surface area (Å²) < 4.78 is 0.281. The van der Waals surface area contributed by atoms with Gasteiger partial charge in [-0.05, 0) is 48.2 Å². The molecule has 1 N–H and O–H groups in total. The van der Waals surface area contributed by atoms with Crippen molar-refractivity contribution in [3.8, 4) is 0 Å². The number of amides is 1. The molecule has 0 radical (unpaired) electrons. The van der Waals surface area contributed by atoms with E-state index in [4.69, 9.17) is 17.3 Å². The van der Waals surface area contributed by atoms with Crippen molar-refractivity contribution in [2.24, 2.45) is 5.92 Å². The number of unbranched alkanes of at least 4 members (excludes halogenated alkanes) is 1. The van der Waals surface area contributed by atoms with Gasteiger partial charge in [0, 0.05) is 16.3 Å². The van der Waals surface area contributed by atoms with Crippen LogP contribution < -0.4 is 4.90 Å². The molecular weight excluding hydrogens is 484 g/mol.